The number of carbonyl (C=O) groups is 1. The quantitative estimate of drug-likeness (QED) is 0.741. The summed E-state index contributed by atoms with van der Waals surface area (Å²) in [4.78, 5) is 15.5. The van der Waals surface area contributed by atoms with Gasteiger partial charge in [0.25, 0.3) is 0 Å². The maximum absolute atomic E-state index is 11.4. The van der Waals surface area contributed by atoms with Crippen LogP contribution in [0.2, 0.25) is 0 Å². The number of hydrogen-bond donors (Lipinski definition) is 0. The molecule has 1 aliphatic rings. The lowest BCUT2D eigenvalue weighted by Gasteiger charge is -2.26. The Bertz CT molecular complexity index is 310. The third-order valence-electron chi connectivity index (χ3n) is 1.95. The fourth-order valence-electron chi connectivity index (χ4n) is 1.17. The van der Waals surface area contributed by atoms with Gasteiger partial charge < -0.3 is 9.47 Å². The standard InChI is InChI=1S/C10H14BrNO3/c1-10(2,9(13)14-3)15-8-6-7(11)4-5-12-8/h5-6,8H,4H2,1-3H3. The number of rotatable bonds is 3. The normalized spacial score (nSPS) is 21.1. The Morgan fingerprint density at radius 1 is 1.67 bits per heavy atom. The van der Waals surface area contributed by atoms with Crippen molar-refractivity contribution in [2.45, 2.75) is 32.1 Å². The number of methoxy groups -OCH3 is 1. The molecule has 0 N–H and O–H groups in total. The third-order valence-corrected chi connectivity index (χ3v) is 2.54. The molecule has 0 aromatic carbocycles. The molecule has 0 saturated carbocycles. The lowest BCUT2D eigenvalue weighted by molar-refractivity contribution is -0.168. The largest absolute Gasteiger partial charge is 0.467 e. The number of dihydropyridines is 1. The van der Waals surface area contributed by atoms with Gasteiger partial charge in [-0.2, -0.15) is 0 Å². The second-order valence-electron chi connectivity index (χ2n) is 3.66. The predicted molar refractivity (Wildman–Crippen MR) is 61.1 cm³/mol. The summed E-state index contributed by atoms with van der Waals surface area (Å²) in [5.41, 5.74) is -0.988. The van der Waals surface area contributed by atoms with Crippen LogP contribution in [0.25, 0.3) is 0 Å². The van der Waals surface area contributed by atoms with Crippen LogP contribution in [0.15, 0.2) is 15.6 Å². The van der Waals surface area contributed by atoms with E-state index < -0.39 is 17.8 Å². The first-order valence-corrected chi connectivity index (χ1v) is 5.39. The maximum Gasteiger partial charge on any atom is 0.337 e. The second-order valence-corrected chi connectivity index (χ2v) is 4.68. The van der Waals surface area contributed by atoms with Crippen LogP contribution in [0, 0.1) is 0 Å². The minimum absolute atomic E-state index is 0.409. The van der Waals surface area contributed by atoms with Crippen LogP contribution < -0.4 is 0 Å². The van der Waals surface area contributed by atoms with Crippen LogP contribution in [-0.2, 0) is 14.3 Å². The van der Waals surface area contributed by atoms with E-state index in [1.807, 2.05) is 6.08 Å². The molecular weight excluding hydrogens is 262 g/mol. The Hall–Kier alpha value is -0.680. The van der Waals surface area contributed by atoms with E-state index in [1.54, 1.807) is 20.1 Å². The van der Waals surface area contributed by atoms with Gasteiger partial charge in [-0.15, -0.1) is 0 Å². The van der Waals surface area contributed by atoms with Gasteiger partial charge in [0.1, 0.15) is 0 Å². The number of allylic oxidation sites excluding steroid dienone is 1. The van der Waals surface area contributed by atoms with Crippen molar-refractivity contribution in [3.05, 3.63) is 10.6 Å². The topological polar surface area (TPSA) is 47.9 Å². The average molecular weight is 276 g/mol. The fourth-order valence-corrected chi connectivity index (χ4v) is 1.54. The van der Waals surface area contributed by atoms with Crippen LogP contribution in [0.4, 0.5) is 0 Å². The number of esters is 1. The molecule has 0 aromatic heterocycles. The Morgan fingerprint density at radius 3 is 2.87 bits per heavy atom. The van der Waals surface area contributed by atoms with Crippen molar-refractivity contribution in [3.63, 3.8) is 0 Å². The predicted octanol–water partition coefficient (Wildman–Crippen LogP) is 2.03. The van der Waals surface area contributed by atoms with Crippen LogP contribution in [0.1, 0.15) is 20.3 Å². The van der Waals surface area contributed by atoms with E-state index >= 15 is 0 Å². The van der Waals surface area contributed by atoms with Crippen molar-refractivity contribution in [3.8, 4) is 0 Å². The molecule has 1 unspecified atom stereocenters. The number of hydrogen-bond acceptors (Lipinski definition) is 4. The molecule has 5 heteroatoms. The van der Waals surface area contributed by atoms with E-state index in [1.165, 1.54) is 7.11 Å². The lowest BCUT2D eigenvalue weighted by atomic mass is 10.1. The summed E-state index contributed by atoms with van der Waals surface area (Å²) in [6, 6.07) is 0. The molecule has 1 atom stereocenters. The van der Waals surface area contributed by atoms with Crippen molar-refractivity contribution < 1.29 is 14.3 Å². The SMILES string of the molecule is COC(=O)C(C)(C)OC1C=C(Br)CC=N1. The molecule has 0 spiro atoms. The number of aliphatic imine (C=N–C) groups is 1. The van der Waals surface area contributed by atoms with Crippen molar-refractivity contribution in [2.24, 2.45) is 4.99 Å². The molecule has 15 heavy (non-hydrogen) atoms. The van der Waals surface area contributed by atoms with E-state index in [4.69, 9.17) is 4.74 Å². The van der Waals surface area contributed by atoms with E-state index in [0.717, 1.165) is 10.9 Å². The van der Waals surface area contributed by atoms with Crippen LogP contribution in [0.5, 0.6) is 0 Å². The van der Waals surface area contributed by atoms with Gasteiger partial charge >= 0.3 is 5.97 Å². The van der Waals surface area contributed by atoms with Gasteiger partial charge in [0.15, 0.2) is 11.8 Å². The smallest absolute Gasteiger partial charge is 0.337 e. The maximum atomic E-state index is 11.4. The zero-order valence-corrected chi connectivity index (χ0v) is 10.6. The number of halogens is 1. The monoisotopic (exact) mass is 275 g/mol. The zero-order valence-electron chi connectivity index (χ0n) is 8.99. The number of nitrogens with zero attached hydrogens (tertiary/aromatic N) is 1. The van der Waals surface area contributed by atoms with Gasteiger partial charge in [-0.3, -0.25) is 4.99 Å². The summed E-state index contributed by atoms with van der Waals surface area (Å²) in [6.45, 7) is 3.31. The number of carbonyl (C=O) groups excluding carboxylic acids is 1. The van der Waals surface area contributed by atoms with Gasteiger partial charge in [0.2, 0.25) is 0 Å². The molecule has 1 aliphatic heterocycles. The van der Waals surface area contributed by atoms with Crippen molar-refractivity contribution >= 4 is 28.1 Å². The molecule has 0 amide bonds. The first-order chi connectivity index (χ1) is 6.95. The Kier molecular flexibility index (Phi) is 4.04. The third kappa shape index (κ3) is 3.43. The highest BCUT2D eigenvalue weighted by molar-refractivity contribution is 9.11. The fraction of sp³-hybridized carbons (Fsp3) is 0.600. The summed E-state index contributed by atoms with van der Waals surface area (Å²) in [5, 5.41) is 0. The van der Waals surface area contributed by atoms with Crippen molar-refractivity contribution in [1.82, 2.24) is 0 Å². The molecule has 0 radical (unpaired) electrons. The molecule has 0 aliphatic carbocycles. The Balaban J connectivity index is 2.65. The highest BCUT2D eigenvalue weighted by Gasteiger charge is 2.32. The van der Waals surface area contributed by atoms with Gasteiger partial charge in [-0.25, -0.2) is 4.79 Å². The van der Waals surface area contributed by atoms with Crippen molar-refractivity contribution in [1.29, 1.82) is 0 Å². The minimum atomic E-state index is -0.988. The highest BCUT2D eigenvalue weighted by atomic mass is 79.9. The van der Waals surface area contributed by atoms with Crippen LogP contribution >= 0.6 is 15.9 Å². The Morgan fingerprint density at radius 2 is 2.33 bits per heavy atom. The molecule has 4 nitrogen and oxygen atoms in total. The zero-order chi connectivity index (χ0) is 11.5. The molecule has 0 saturated heterocycles. The van der Waals surface area contributed by atoms with E-state index in [2.05, 4.69) is 25.7 Å². The average Bonchev–Trinajstić information content (AvgIpc) is 2.15. The molecule has 0 aromatic rings. The summed E-state index contributed by atoms with van der Waals surface area (Å²) in [5.74, 6) is -0.409. The summed E-state index contributed by atoms with van der Waals surface area (Å²) in [7, 11) is 1.34. The van der Waals surface area contributed by atoms with E-state index in [-0.39, 0.29) is 0 Å². The van der Waals surface area contributed by atoms with Crippen LogP contribution in [-0.4, -0.2) is 31.1 Å². The van der Waals surface area contributed by atoms with Gasteiger partial charge in [0.05, 0.1) is 7.11 Å². The second kappa shape index (κ2) is 4.90. The minimum Gasteiger partial charge on any atom is -0.467 e. The van der Waals surface area contributed by atoms with Crippen molar-refractivity contribution in [2.75, 3.05) is 7.11 Å². The van der Waals surface area contributed by atoms with E-state index in [9.17, 15) is 4.79 Å². The summed E-state index contributed by atoms with van der Waals surface area (Å²) in [6.07, 6.45) is 3.91. The summed E-state index contributed by atoms with van der Waals surface area (Å²) < 4.78 is 11.2. The van der Waals surface area contributed by atoms with Gasteiger partial charge in [-0.1, -0.05) is 15.9 Å². The lowest BCUT2D eigenvalue weighted by Crippen LogP contribution is -2.39. The van der Waals surface area contributed by atoms with Gasteiger partial charge in [0, 0.05) is 17.1 Å². The van der Waals surface area contributed by atoms with Gasteiger partial charge in [-0.05, 0) is 19.9 Å². The van der Waals surface area contributed by atoms with Crippen LogP contribution in [0.3, 0.4) is 0 Å². The first-order valence-electron chi connectivity index (χ1n) is 4.60. The molecule has 1 heterocycles. The molecule has 1 rings (SSSR count). The van der Waals surface area contributed by atoms with E-state index in [0.29, 0.717) is 0 Å². The molecular formula is C10H14BrNO3. The molecule has 0 fully saturated rings. The molecule has 84 valence electrons. The summed E-state index contributed by atoms with van der Waals surface area (Å²) >= 11 is 3.36. The number of ether oxygens (including phenoxy) is 2. The molecule has 0 bridgehead atoms. The first kappa shape index (κ1) is 12.4. The highest BCUT2D eigenvalue weighted by Crippen LogP contribution is 2.21. The Labute approximate surface area is 97.5 Å².